The minimum Gasteiger partial charge on any atom is -0.370 e. The lowest BCUT2D eigenvalue weighted by molar-refractivity contribution is -0.118. The van der Waals surface area contributed by atoms with E-state index in [1.807, 2.05) is 12.1 Å². The molecule has 0 saturated carbocycles. The summed E-state index contributed by atoms with van der Waals surface area (Å²) in [5, 5.41) is 4.60. The van der Waals surface area contributed by atoms with Gasteiger partial charge in [-0.15, -0.1) is 0 Å². The number of H-pyrrole nitrogens is 1. The molecular weight excluding hydrogens is 214 g/mol. The van der Waals surface area contributed by atoms with E-state index in [9.17, 15) is 4.79 Å². The van der Waals surface area contributed by atoms with Gasteiger partial charge in [-0.25, -0.2) is 0 Å². The predicted octanol–water partition coefficient (Wildman–Crippen LogP) is 1.23. The van der Waals surface area contributed by atoms with E-state index in [0.717, 1.165) is 24.2 Å². The van der Waals surface area contributed by atoms with Crippen LogP contribution in [0.3, 0.4) is 0 Å². The zero-order valence-corrected chi connectivity index (χ0v) is 9.49. The highest BCUT2D eigenvalue weighted by Gasteiger charge is 2.24. The summed E-state index contributed by atoms with van der Waals surface area (Å²) in [5.74, 6) is -0.269. The molecule has 4 heteroatoms. The topological polar surface area (TPSA) is 70.9 Å². The number of carbonyl (C=O) groups excluding carboxylic acids is 1. The van der Waals surface area contributed by atoms with Crippen LogP contribution >= 0.6 is 0 Å². The minimum absolute atomic E-state index is 0.0312. The van der Waals surface area contributed by atoms with Gasteiger partial charge in [0.15, 0.2) is 0 Å². The Labute approximate surface area is 99.2 Å². The number of primary amides is 1. The normalized spacial score (nSPS) is 19.2. The van der Waals surface area contributed by atoms with Crippen molar-refractivity contribution in [2.75, 3.05) is 6.54 Å². The van der Waals surface area contributed by atoms with E-state index in [1.165, 1.54) is 10.9 Å². The van der Waals surface area contributed by atoms with Crippen LogP contribution in [0.2, 0.25) is 0 Å². The molecule has 1 aliphatic rings. The lowest BCUT2D eigenvalue weighted by atomic mass is 9.97. The van der Waals surface area contributed by atoms with Crippen LogP contribution in [0.5, 0.6) is 0 Å². The van der Waals surface area contributed by atoms with Gasteiger partial charge in [-0.2, -0.15) is 0 Å². The Hall–Kier alpha value is -1.81. The van der Waals surface area contributed by atoms with E-state index in [4.69, 9.17) is 5.73 Å². The number of benzene rings is 1. The quantitative estimate of drug-likeness (QED) is 0.724. The van der Waals surface area contributed by atoms with Crippen molar-refractivity contribution in [1.29, 1.82) is 0 Å². The highest BCUT2D eigenvalue weighted by Crippen LogP contribution is 2.31. The fraction of sp³-hybridized carbons (Fsp3) is 0.308. The van der Waals surface area contributed by atoms with E-state index in [1.54, 1.807) is 0 Å². The van der Waals surface area contributed by atoms with Crippen LogP contribution < -0.4 is 11.1 Å². The molecule has 2 heterocycles. The van der Waals surface area contributed by atoms with Crippen molar-refractivity contribution in [3.63, 3.8) is 0 Å². The summed E-state index contributed by atoms with van der Waals surface area (Å²) in [7, 11) is 0. The summed E-state index contributed by atoms with van der Waals surface area (Å²) in [4.78, 5) is 14.5. The van der Waals surface area contributed by atoms with Crippen LogP contribution in [0.1, 0.15) is 23.7 Å². The Morgan fingerprint density at radius 1 is 1.41 bits per heavy atom. The predicted molar refractivity (Wildman–Crippen MR) is 66.6 cm³/mol. The van der Waals surface area contributed by atoms with Gasteiger partial charge in [-0.1, -0.05) is 18.2 Å². The summed E-state index contributed by atoms with van der Waals surface area (Å²) in [6.45, 7) is 0.896. The third-order valence-corrected chi connectivity index (χ3v) is 3.37. The van der Waals surface area contributed by atoms with Crippen LogP contribution in [0.4, 0.5) is 0 Å². The maximum Gasteiger partial charge on any atom is 0.219 e. The summed E-state index contributed by atoms with van der Waals surface area (Å²) in [5.41, 5.74) is 8.86. The van der Waals surface area contributed by atoms with Gasteiger partial charge in [0, 0.05) is 23.0 Å². The average molecular weight is 229 g/mol. The second-order valence-electron chi connectivity index (χ2n) is 4.49. The second kappa shape index (κ2) is 3.89. The maximum atomic E-state index is 11.1. The smallest absolute Gasteiger partial charge is 0.219 e. The molecule has 0 saturated heterocycles. The van der Waals surface area contributed by atoms with Gasteiger partial charge in [0.05, 0.1) is 6.04 Å². The summed E-state index contributed by atoms with van der Waals surface area (Å²) in [6, 6.07) is 8.28. The zero-order valence-electron chi connectivity index (χ0n) is 9.49. The number of aromatic nitrogens is 1. The van der Waals surface area contributed by atoms with E-state index >= 15 is 0 Å². The third-order valence-electron chi connectivity index (χ3n) is 3.37. The molecule has 1 unspecified atom stereocenters. The first-order valence-electron chi connectivity index (χ1n) is 5.87. The average Bonchev–Trinajstić information content (AvgIpc) is 2.68. The lowest BCUT2D eigenvalue weighted by Gasteiger charge is -2.23. The van der Waals surface area contributed by atoms with Crippen molar-refractivity contribution in [1.82, 2.24) is 10.3 Å². The molecule has 1 aromatic heterocycles. The molecule has 1 aromatic carbocycles. The van der Waals surface area contributed by atoms with Gasteiger partial charge in [-0.05, 0) is 24.6 Å². The van der Waals surface area contributed by atoms with Crippen LogP contribution in [-0.2, 0) is 11.2 Å². The highest BCUT2D eigenvalue weighted by molar-refractivity contribution is 5.85. The molecule has 3 rings (SSSR count). The summed E-state index contributed by atoms with van der Waals surface area (Å²) >= 11 is 0. The van der Waals surface area contributed by atoms with Gasteiger partial charge in [0.1, 0.15) is 0 Å². The van der Waals surface area contributed by atoms with Crippen molar-refractivity contribution in [3.05, 3.63) is 35.5 Å². The molecule has 0 bridgehead atoms. The van der Waals surface area contributed by atoms with Crippen molar-refractivity contribution >= 4 is 16.8 Å². The van der Waals surface area contributed by atoms with Gasteiger partial charge >= 0.3 is 0 Å². The molecule has 1 amide bonds. The fourth-order valence-corrected chi connectivity index (χ4v) is 2.64. The Morgan fingerprint density at radius 2 is 2.24 bits per heavy atom. The molecule has 0 radical (unpaired) electrons. The van der Waals surface area contributed by atoms with E-state index in [-0.39, 0.29) is 11.9 Å². The molecule has 0 fully saturated rings. The van der Waals surface area contributed by atoms with Crippen LogP contribution in [-0.4, -0.2) is 17.4 Å². The number of carbonyl (C=O) groups is 1. The highest BCUT2D eigenvalue weighted by atomic mass is 16.1. The van der Waals surface area contributed by atoms with Gasteiger partial charge in [-0.3, -0.25) is 4.79 Å². The molecule has 4 nitrogen and oxygen atoms in total. The van der Waals surface area contributed by atoms with E-state index < -0.39 is 0 Å². The first kappa shape index (κ1) is 10.4. The Balaban J connectivity index is 2.10. The van der Waals surface area contributed by atoms with Gasteiger partial charge in [0.25, 0.3) is 0 Å². The molecule has 2 aromatic rings. The van der Waals surface area contributed by atoms with Crippen LogP contribution in [0, 0.1) is 0 Å². The zero-order chi connectivity index (χ0) is 11.8. The Bertz CT molecular complexity index is 573. The monoisotopic (exact) mass is 229 g/mol. The molecule has 1 aliphatic heterocycles. The number of para-hydroxylation sites is 1. The fourth-order valence-electron chi connectivity index (χ4n) is 2.64. The van der Waals surface area contributed by atoms with Gasteiger partial charge < -0.3 is 16.0 Å². The largest absolute Gasteiger partial charge is 0.370 e. The molecule has 1 atom stereocenters. The van der Waals surface area contributed by atoms with Crippen molar-refractivity contribution < 1.29 is 4.79 Å². The first-order valence-corrected chi connectivity index (χ1v) is 5.87. The van der Waals surface area contributed by atoms with Crippen LogP contribution in [0.15, 0.2) is 24.3 Å². The molecule has 88 valence electrons. The molecule has 0 spiro atoms. The summed E-state index contributed by atoms with van der Waals surface area (Å²) < 4.78 is 0. The van der Waals surface area contributed by atoms with Crippen LogP contribution in [0.25, 0.3) is 10.9 Å². The number of aromatic amines is 1. The molecule has 4 N–H and O–H groups in total. The van der Waals surface area contributed by atoms with E-state index in [0.29, 0.717) is 6.42 Å². The standard InChI is InChI=1S/C13H15N3O/c14-12(17)7-11-13-9(5-6-15-11)8-3-1-2-4-10(8)16-13/h1-4,11,15-16H,5-7H2,(H2,14,17). The molecule has 0 aliphatic carbocycles. The summed E-state index contributed by atoms with van der Waals surface area (Å²) in [6.07, 6.45) is 1.34. The molecular formula is C13H15N3O. The number of hydrogen-bond donors (Lipinski definition) is 3. The lowest BCUT2D eigenvalue weighted by Crippen LogP contribution is -2.32. The first-order chi connectivity index (χ1) is 8.25. The van der Waals surface area contributed by atoms with Crippen molar-refractivity contribution in [2.45, 2.75) is 18.9 Å². The minimum atomic E-state index is -0.269. The number of nitrogens with two attached hydrogens (primary N) is 1. The van der Waals surface area contributed by atoms with Crippen molar-refractivity contribution in [3.8, 4) is 0 Å². The number of hydrogen-bond acceptors (Lipinski definition) is 2. The third kappa shape index (κ3) is 1.70. The maximum absolute atomic E-state index is 11.1. The number of fused-ring (bicyclic) bond motifs is 3. The molecule has 17 heavy (non-hydrogen) atoms. The van der Waals surface area contributed by atoms with E-state index in [2.05, 4.69) is 22.4 Å². The Morgan fingerprint density at radius 3 is 3.06 bits per heavy atom. The van der Waals surface area contributed by atoms with Gasteiger partial charge in [0.2, 0.25) is 5.91 Å². The number of amides is 1. The Kier molecular flexibility index (Phi) is 2.37. The van der Waals surface area contributed by atoms with Crippen molar-refractivity contribution in [2.24, 2.45) is 5.73 Å². The SMILES string of the molecule is NC(=O)CC1NCCc2c1[nH]c1ccccc21. The number of nitrogens with one attached hydrogen (secondary N) is 2. The number of rotatable bonds is 2. The second-order valence-corrected chi connectivity index (χ2v) is 4.49.